The SMILES string of the molecule is COc1c(C)cnc(CN2N=C3CCC4=C3C(=N2)C(N)=NSC4c2nnn[nH]2)c1C. The summed E-state index contributed by atoms with van der Waals surface area (Å²) < 4.78 is 9.99. The fourth-order valence-corrected chi connectivity index (χ4v) is 4.86. The van der Waals surface area contributed by atoms with Crippen LogP contribution in [0.3, 0.4) is 0 Å². The molecule has 0 aromatic carbocycles. The number of aromatic nitrogens is 5. The molecule has 2 aromatic rings. The minimum absolute atomic E-state index is 0.134. The van der Waals surface area contributed by atoms with E-state index in [2.05, 4.69) is 30.0 Å². The number of aryl methyl sites for hydroxylation is 1. The zero-order valence-corrected chi connectivity index (χ0v) is 17.6. The monoisotopic (exact) mass is 424 g/mol. The molecule has 0 saturated carbocycles. The zero-order chi connectivity index (χ0) is 20.8. The molecule has 12 heteroatoms. The molecule has 0 radical (unpaired) electrons. The number of rotatable bonds is 4. The van der Waals surface area contributed by atoms with E-state index < -0.39 is 0 Å². The molecule has 4 heterocycles. The van der Waals surface area contributed by atoms with Crippen molar-refractivity contribution in [2.45, 2.75) is 38.5 Å². The molecule has 154 valence electrons. The zero-order valence-electron chi connectivity index (χ0n) is 16.7. The quantitative estimate of drug-likeness (QED) is 0.705. The normalized spacial score (nSPS) is 20.4. The smallest absolute Gasteiger partial charge is 0.167 e. The summed E-state index contributed by atoms with van der Waals surface area (Å²) >= 11 is 1.34. The second-order valence-electron chi connectivity index (χ2n) is 7.22. The third kappa shape index (κ3) is 2.95. The van der Waals surface area contributed by atoms with Crippen molar-refractivity contribution >= 4 is 29.2 Å². The number of hydrogen-bond donors (Lipinski definition) is 2. The van der Waals surface area contributed by atoms with Crippen LogP contribution in [0.4, 0.5) is 0 Å². The van der Waals surface area contributed by atoms with Crippen LogP contribution in [0.25, 0.3) is 0 Å². The van der Waals surface area contributed by atoms with E-state index in [9.17, 15) is 0 Å². The third-order valence-corrected chi connectivity index (χ3v) is 6.42. The van der Waals surface area contributed by atoms with Gasteiger partial charge in [0.1, 0.15) is 23.3 Å². The minimum atomic E-state index is -0.134. The Labute approximate surface area is 176 Å². The fraction of sp³-hybridized carbons (Fsp3) is 0.389. The number of hydrogen-bond acceptors (Lipinski definition) is 11. The highest BCUT2D eigenvalue weighted by atomic mass is 32.2. The average molecular weight is 424 g/mol. The highest BCUT2D eigenvalue weighted by Crippen LogP contribution is 2.45. The number of tetrazole rings is 1. The Kier molecular flexibility index (Phi) is 4.50. The number of pyridine rings is 1. The number of H-pyrrole nitrogens is 1. The lowest BCUT2D eigenvalue weighted by atomic mass is 10.0. The molecule has 1 unspecified atom stereocenters. The van der Waals surface area contributed by atoms with Gasteiger partial charge in [-0.25, -0.2) is 5.10 Å². The Morgan fingerprint density at radius 3 is 2.93 bits per heavy atom. The van der Waals surface area contributed by atoms with Crippen molar-refractivity contribution in [2.24, 2.45) is 20.3 Å². The molecule has 1 atom stereocenters. The van der Waals surface area contributed by atoms with E-state index >= 15 is 0 Å². The maximum Gasteiger partial charge on any atom is 0.167 e. The van der Waals surface area contributed by atoms with Gasteiger partial charge in [0.15, 0.2) is 11.7 Å². The Morgan fingerprint density at radius 1 is 1.30 bits per heavy atom. The van der Waals surface area contributed by atoms with Crippen LogP contribution in [0.2, 0.25) is 0 Å². The van der Waals surface area contributed by atoms with Gasteiger partial charge in [-0.05, 0) is 54.6 Å². The molecule has 11 nitrogen and oxygen atoms in total. The summed E-state index contributed by atoms with van der Waals surface area (Å²) in [5, 5.41) is 25.3. The average Bonchev–Trinajstić information content (AvgIpc) is 3.38. The molecule has 2 aliphatic heterocycles. The second-order valence-corrected chi connectivity index (χ2v) is 8.09. The molecule has 3 N–H and O–H groups in total. The number of ether oxygens (including phenoxy) is 1. The number of methoxy groups -OCH3 is 1. The lowest BCUT2D eigenvalue weighted by Crippen LogP contribution is -2.33. The summed E-state index contributed by atoms with van der Waals surface area (Å²) in [6.07, 6.45) is 3.44. The number of hydrazone groups is 2. The Bertz CT molecular complexity index is 1130. The van der Waals surface area contributed by atoms with Crippen LogP contribution in [0.5, 0.6) is 5.75 Å². The topological polar surface area (TPSA) is 143 Å². The second kappa shape index (κ2) is 7.20. The lowest BCUT2D eigenvalue weighted by Gasteiger charge is -2.23. The Morgan fingerprint density at radius 2 is 2.17 bits per heavy atom. The fourth-order valence-electron chi connectivity index (χ4n) is 3.99. The van der Waals surface area contributed by atoms with Crippen LogP contribution in [0.15, 0.2) is 31.9 Å². The van der Waals surface area contributed by atoms with Crippen molar-refractivity contribution in [3.05, 3.63) is 40.0 Å². The van der Waals surface area contributed by atoms with Gasteiger partial charge in [-0.2, -0.15) is 19.7 Å². The molecule has 3 aliphatic rings. The lowest BCUT2D eigenvalue weighted by molar-refractivity contribution is 0.288. The number of aromatic amines is 1. The van der Waals surface area contributed by atoms with E-state index in [1.165, 1.54) is 11.9 Å². The molecule has 30 heavy (non-hydrogen) atoms. The van der Waals surface area contributed by atoms with E-state index in [1.807, 2.05) is 13.8 Å². The first-order valence-electron chi connectivity index (χ1n) is 9.46. The summed E-state index contributed by atoms with van der Waals surface area (Å²) in [5.74, 6) is 1.85. The van der Waals surface area contributed by atoms with Crippen LogP contribution in [0, 0.1) is 13.8 Å². The van der Waals surface area contributed by atoms with Crippen LogP contribution in [0.1, 0.15) is 40.7 Å². The Hall–Kier alpha value is -3.28. The summed E-state index contributed by atoms with van der Waals surface area (Å²) in [5.41, 5.74) is 12.8. The van der Waals surface area contributed by atoms with Gasteiger partial charge < -0.3 is 10.5 Å². The summed E-state index contributed by atoms with van der Waals surface area (Å²) in [6.45, 7) is 4.38. The molecule has 0 fully saturated rings. The van der Waals surface area contributed by atoms with Crippen molar-refractivity contribution < 1.29 is 4.74 Å². The van der Waals surface area contributed by atoms with Gasteiger partial charge >= 0.3 is 0 Å². The number of nitrogens with two attached hydrogens (primary N) is 1. The van der Waals surface area contributed by atoms with E-state index in [1.54, 1.807) is 18.4 Å². The molecule has 2 aromatic heterocycles. The predicted octanol–water partition coefficient (Wildman–Crippen LogP) is 1.60. The van der Waals surface area contributed by atoms with Gasteiger partial charge in [0.05, 0.1) is 18.5 Å². The van der Waals surface area contributed by atoms with Gasteiger partial charge in [-0.1, -0.05) is 0 Å². The molecule has 1 aliphatic carbocycles. The Balaban J connectivity index is 1.53. The van der Waals surface area contributed by atoms with Crippen molar-refractivity contribution in [2.75, 3.05) is 7.11 Å². The molecule has 0 spiro atoms. The van der Waals surface area contributed by atoms with E-state index in [-0.39, 0.29) is 5.25 Å². The van der Waals surface area contributed by atoms with Crippen LogP contribution in [-0.4, -0.2) is 55.1 Å². The van der Waals surface area contributed by atoms with Gasteiger partial charge in [0, 0.05) is 22.9 Å². The highest BCUT2D eigenvalue weighted by molar-refractivity contribution is 7.98. The molecular formula is C18H20N10OS. The molecule has 0 amide bonds. The summed E-state index contributed by atoms with van der Waals surface area (Å²) in [6, 6.07) is 0. The first-order chi connectivity index (χ1) is 14.6. The van der Waals surface area contributed by atoms with Gasteiger partial charge in [-0.15, -0.1) is 5.10 Å². The molecule has 5 rings (SSSR count). The minimum Gasteiger partial charge on any atom is -0.496 e. The third-order valence-electron chi connectivity index (χ3n) is 5.40. The first-order valence-corrected chi connectivity index (χ1v) is 10.3. The van der Waals surface area contributed by atoms with Crippen LogP contribution < -0.4 is 10.5 Å². The largest absolute Gasteiger partial charge is 0.496 e. The van der Waals surface area contributed by atoms with Crippen molar-refractivity contribution in [1.29, 1.82) is 0 Å². The summed E-state index contributed by atoms with van der Waals surface area (Å²) in [4.78, 5) is 4.57. The first kappa shape index (κ1) is 18.7. The van der Waals surface area contributed by atoms with Crippen LogP contribution >= 0.6 is 11.9 Å². The highest BCUT2D eigenvalue weighted by Gasteiger charge is 2.39. The van der Waals surface area contributed by atoms with E-state index in [0.717, 1.165) is 52.3 Å². The van der Waals surface area contributed by atoms with Gasteiger partial charge in [0.2, 0.25) is 0 Å². The maximum absolute atomic E-state index is 6.29. The molecule has 0 saturated heterocycles. The number of nitrogens with zero attached hydrogens (tertiary/aromatic N) is 8. The van der Waals surface area contributed by atoms with Crippen molar-refractivity contribution in [1.82, 2.24) is 30.7 Å². The standard InChI is InChI=1S/C18H20N10OS/c1-8-6-20-12(9(2)15(8)29-3)7-28-23-11-5-4-10-13(11)14(24-28)17(19)25-30-16(10)18-21-26-27-22-18/h6,16H,4-5,7H2,1-3H3,(H2,19,25)(H,21,22,26,27). The maximum atomic E-state index is 6.29. The molecular weight excluding hydrogens is 404 g/mol. The van der Waals surface area contributed by atoms with Gasteiger partial charge in [-0.3, -0.25) is 4.98 Å². The van der Waals surface area contributed by atoms with E-state index in [4.69, 9.17) is 20.7 Å². The molecule has 0 bridgehead atoms. The van der Waals surface area contributed by atoms with E-state index in [0.29, 0.717) is 23.9 Å². The van der Waals surface area contributed by atoms with Gasteiger partial charge in [0.25, 0.3) is 0 Å². The summed E-state index contributed by atoms with van der Waals surface area (Å²) in [7, 11) is 1.67. The van der Waals surface area contributed by atoms with Crippen molar-refractivity contribution in [3.63, 3.8) is 0 Å². The van der Waals surface area contributed by atoms with Crippen LogP contribution in [-0.2, 0) is 6.54 Å². The van der Waals surface area contributed by atoms with Crippen molar-refractivity contribution in [3.8, 4) is 5.75 Å². The predicted molar refractivity (Wildman–Crippen MR) is 113 cm³/mol. The number of amidine groups is 1. The number of nitrogens with one attached hydrogen (secondary N) is 1.